The molecule has 130 valence electrons. The fourth-order valence-corrected chi connectivity index (χ4v) is 2.53. The number of anilines is 1. The Morgan fingerprint density at radius 2 is 1.68 bits per heavy atom. The van der Waals surface area contributed by atoms with Crippen LogP contribution in [0.2, 0.25) is 5.02 Å². The third kappa shape index (κ3) is 2.72. The largest absolute Gasteiger partial charge is 0.457 e. The molecular weight excluding hydrogens is 369 g/mol. The zero-order valence-electron chi connectivity index (χ0n) is 12.3. The van der Waals surface area contributed by atoms with Crippen molar-refractivity contribution in [1.82, 2.24) is 0 Å². The molecule has 3 rings (SSSR count). The van der Waals surface area contributed by atoms with Crippen LogP contribution in [0.1, 0.15) is 16.1 Å². The summed E-state index contributed by atoms with van der Waals surface area (Å²) in [7, 11) is 0. The van der Waals surface area contributed by atoms with Crippen molar-refractivity contribution in [3.63, 3.8) is 0 Å². The maximum absolute atomic E-state index is 14.0. The molecule has 0 spiro atoms. The number of aryl methyl sites for hydroxylation is 1. The number of fused-ring (bicyclic) bond motifs is 1. The molecule has 25 heavy (non-hydrogen) atoms. The van der Waals surface area contributed by atoms with Gasteiger partial charge < -0.3 is 9.73 Å². The zero-order chi connectivity index (χ0) is 18.5. The molecule has 9 heteroatoms. The van der Waals surface area contributed by atoms with Crippen LogP contribution in [0.5, 0.6) is 0 Å². The van der Waals surface area contributed by atoms with Gasteiger partial charge in [-0.2, -0.15) is 4.39 Å². The van der Waals surface area contributed by atoms with E-state index in [0.717, 1.165) is 12.1 Å². The first-order valence-corrected chi connectivity index (χ1v) is 7.11. The van der Waals surface area contributed by atoms with Crippen molar-refractivity contribution in [3.05, 3.63) is 63.6 Å². The second-order valence-corrected chi connectivity index (χ2v) is 5.48. The van der Waals surface area contributed by atoms with Crippen LogP contribution in [-0.4, -0.2) is 5.91 Å². The summed E-state index contributed by atoms with van der Waals surface area (Å²) in [5.41, 5.74) is -1.39. The molecule has 1 aromatic heterocycles. The molecule has 0 atom stereocenters. The van der Waals surface area contributed by atoms with Crippen molar-refractivity contribution in [1.29, 1.82) is 0 Å². The minimum absolute atomic E-state index is 0.0496. The van der Waals surface area contributed by atoms with Crippen LogP contribution in [0.15, 0.2) is 22.6 Å². The number of carbonyl (C=O) groups excluding carboxylic acids is 1. The first kappa shape index (κ1) is 17.2. The quantitative estimate of drug-likeness (QED) is 0.373. The van der Waals surface area contributed by atoms with E-state index in [1.165, 1.54) is 13.0 Å². The number of carbonyl (C=O) groups is 1. The lowest BCUT2D eigenvalue weighted by Crippen LogP contribution is -2.13. The summed E-state index contributed by atoms with van der Waals surface area (Å²) >= 11 is 5.59. The minimum Gasteiger partial charge on any atom is -0.457 e. The van der Waals surface area contributed by atoms with Gasteiger partial charge in [0.05, 0.1) is 16.0 Å². The van der Waals surface area contributed by atoms with Gasteiger partial charge in [0.1, 0.15) is 11.6 Å². The lowest BCUT2D eigenvalue weighted by molar-refractivity contribution is 0.102. The predicted molar refractivity (Wildman–Crippen MR) is 80.1 cm³/mol. The van der Waals surface area contributed by atoms with E-state index in [9.17, 15) is 26.7 Å². The van der Waals surface area contributed by atoms with Crippen molar-refractivity contribution >= 4 is 34.2 Å². The van der Waals surface area contributed by atoms with E-state index in [-0.39, 0.29) is 16.5 Å². The Labute approximate surface area is 142 Å². The van der Waals surface area contributed by atoms with E-state index in [2.05, 4.69) is 5.32 Å². The molecule has 0 fully saturated rings. The molecule has 0 bridgehead atoms. The Kier molecular flexibility index (Phi) is 4.16. The highest BCUT2D eigenvalue weighted by atomic mass is 35.5. The number of amides is 1. The molecular formula is C16H7ClF5NO2. The molecule has 0 aliphatic rings. The van der Waals surface area contributed by atoms with Gasteiger partial charge in [0.25, 0.3) is 5.91 Å². The van der Waals surface area contributed by atoms with Crippen LogP contribution in [0.25, 0.3) is 11.0 Å². The van der Waals surface area contributed by atoms with Gasteiger partial charge in [0.2, 0.25) is 11.6 Å². The van der Waals surface area contributed by atoms with E-state index in [1.807, 2.05) is 0 Å². The van der Waals surface area contributed by atoms with Gasteiger partial charge in [-0.05, 0) is 25.1 Å². The molecule has 0 radical (unpaired) electrons. The molecule has 1 N–H and O–H groups in total. The summed E-state index contributed by atoms with van der Waals surface area (Å²) in [5, 5.41) is 1.16. The fraction of sp³-hybridized carbons (Fsp3) is 0.0625. The molecule has 3 nitrogen and oxygen atoms in total. The maximum Gasteiger partial charge on any atom is 0.259 e. The summed E-state index contributed by atoms with van der Waals surface area (Å²) in [5.74, 6) is -9.60. The van der Waals surface area contributed by atoms with E-state index in [4.69, 9.17) is 16.0 Å². The van der Waals surface area contributed by atoms with E-state index in [0.29, 0.717) is 0 Å². The number of rotatable bonds is 2. The molecule has 1 heterocycles. The molecule has 0 saturated carbocycles. The second-order valence-electron chi connectivity index (χ2n) is 5.08. The first-order valence-electron chi connectivity index (χ1n) is 6.73. The molecule has 0 aliphatic heterocycles. The molecule has 3 aromatic rings. The topological polar surface area (TPSA) is 42.2 Å². The summed E-state index contributed by atoms with van der Waals surface area (Å²) in [6.07, 6.45) is 0. The van der Waals surface area contributed by atoms with Gasteiger partial charge >= 0.3 is 0 Å². The monoisotopic (exact) mass is 375 g/mol. The fourth-order valence-electron chi connectivity index (χ4n) is 2.35. The zero-order valence-corrected chi connectivity index (χ0v) is 13.1. The normalized spacial score (nSPS) is 11.2. The van der Waals surface area contributed by atoms with Gasteiger partial charge in [-0.3, -0.25) is 4.79 Å². The van der Waals surface area contributed by atoms with Gasteiger partial charge in [0, 0.05) is 5.69 Å². The first-order chi connectivity index (χ1) is 11.7. The predicted octanol–water partition coefficient (Wildman–Crippen LogP) is 5.34. The number of furan rings is 1. The number of nitrogens with one attached hydrogen (secondary N) is 1. The van der Waals surface area contributed by atoms with Gasteiger partial charge in [-0.25, -0.2) is 17.6 Å². The third-order valence-electron chi connectivity index (χ3n) is 3.49. The Morgan fingerprint density at radius 1 is 1.04 bits per heavy atom. The van der Waals surface area contributed by atoms with Gasteiger partial charge in [-0.1, -0.05) is 11.6 Å². The Balaban J connectivity index is 2.13. The van der Waals surface area contributed by atoms with Gasteiger partial charge in [0.15, 0.2) is 17.2 Å². The number of hydrogen-bond donors (Lipinski definition) is 1. The third-order valence-corrected chi connectivity index (χ3v) is 3.78. The summed E-state index contributed by atoms with van der Waals surface area (Å²) in [6.45, 7) is 1.20. The second kappa shape index (κ2) is 6.03. The SMILES string of the molecule is Cc1oc2c(F)c(F)c(F)c(F)c2c1C(=O)Nc1ccc(F)c(Cl)c1. The maximum atomic E-state index is 14.0. The van der Waals surface area contributed by atoms with E-state index >= 15 is 0 Å². The van der Waals surface area contributed by atoms with Crippen LogP contribution < -0.4 is 5.32 Å². The molecule has 0 aliphatic carbocycles. The Morgan fingerprint density at radius 3 is 2.32 bits per heavy atom. The van der Waals surface area contributed by atoms with E-state index < -0.39 is 51.5 Å². The van der Waals surface area contributed by atoms with Crippen LogP contribution in [-0.2, 0) is 0 Å². The Bertz CT molecular complexity index is 1030. The average Bonchev–Trinajstić information content (AvgIpc) is 2.92. The van der Waals surface area contributed by atoms with Crippen LogP contribution >= 0.6 is 11.6 Å². The lowest BCUT2D eigenvalue weighted by Gasteiger charge is -2.06. The lowest BCUT2D eigenvalue weighted by atomic mass is 10.1. The molecule has 2 aromatic carbocycles. The minimum atomic E-state index is -2.07. The molecule has 0 saturated heterocycles. The highest BCUT2D eigenvalue weighted by molar-refractivity contribution is 6.31. The standard InChI is InChI=1S/C16H7ClF5NO2/c1-5-9(16(24)23-6-2-3-8(18)7(17)4-6)10-11(19)12(20)13(21)14(22)15(10)25-5/h2-4H,1H3,(H,23,24). The Hall–Kier alpha value is -2.61. The van der Waals surface area contributed by atoms with Crippen molar-refractivity contribution < 1.29 is 31.2 Å². The van der Waals surface area contributed by atoms with Crippen molar-refractivity contribution in [3.8, 4) is 0 Å². The van der Waals surface area contributed by atoms with Crippen LogP contribution in [0.4, 0.5) is 27.6 Å². The van der Waals surface area contributed by atoms with Crippen LogP contribution in [0, 0.1) is 36.0 Å². The van der Waals surface area contributed by atoms with Crippen LogP contribution in [0.3, 0.4) is 0 Å². The highest BCUT2D eigenvalue weighted by Gasteiger charge is 2.29. The molecule has 0 unspecified atom stereocenters. The highest BCUT2D eigenvalue weighted by Crippen LogP contribution is 2.34. The summed E-state index contributed by atoms with van der Waals surface area (Å²) < 4.78 is 72.6. The van der Waals surface area contributed by atoms with Crippen molar-refractivity contribution in [2.24, 2.45) is 0 Å². The molecule has 1 amide bonds. The number of halogens is 6. The van der Waals surface area contributed by atoms with E-state index in [1.54, 1.807) is 0 Å². The van der Waals surface area contributed by atoms with Crippen molar-refractivity contribution in [2.75, 3.05) is 5.32 Å². The summed E-state index contributed by atoms with van der Waals surface area (Å²) in [6, 6.07) is 3.24. The average molecular weight is 376 g/mol. The van der Waals surface area contributed by atoms with Crippen molar-refractivity contribution in [2.45, 2.75) is 6.92 Å². The number of benzene rings is 2. The smallest absolute Gasteiger partial charge is 0.259 e. The number of hydrogen-bond acceptors (Lipinski definition) is 2. The van der Waals surface area contributed by atoms with Gasteiger partial charge in [-0.15, -0.1) is 0 Å². The summed E-state index contributed by atoms with van der Waals surface area (Å²) in [4.78, 5) is 12.4.